The van der Waals surface area contributed by atoms with Crippen molar-refractivity contribution in [3.63, 3.8) is 0 Å². The van der Waals surface area contributed by atoms with E-state index in [0.29, 0.717) is 6.61 Å². The largest absolute Gasteiger partial charge is 0.380 e. The highest BCUT2D eigenvalue weighted by Crippen LogP contribution is 2.29. The zero-order valence-electron chi connectivity index (χ0n) is 17.0. The average molecular weight is 400 g/mol. The maximum atomic E-state index is 5.28. The van der Waals surface area contributed by atoms with E-state index in [1.165, 1.54) is 11.3 Å². The summed E-state index contributed by atoms with van der Waals surface area (Å²) in [6, 6.07) is 14.9. The van der Waals surface area contributed by atoms with Crippen LogP contribution in [0.2, 0.25) is 0 Å². The highest BCUT2D eigenvalue weighted by atomic mass is 16.5. The smallest absolute Gasteiger partial charge is 0.140 e. The summed E-state index contributed by atoms with van der Waals surface area (Å²) in [5.41, 5.74) is 5.58. The number of rotatable bonds is 5. The van der Waals surface area contributed by atoms with Crippen LogP contribution in [0.15, 0.2) is 61.2 Å². The zero-order chi connectivity index (χ0) is 20.3. The van der Waals surface area contributed by atoms with Gasteiger partial charge in [-0.15, -0.1) is 0 Å². The molecule has 1 saturated heterocycles. The molecule has 1 N–H and O–H groups in total. The number of fused-ring (bicyclic) bond motifs is 1. The predicted molar refractivity (Wildman–Crippen MR) is 119 cm³/mol. The minimum absolute atomic E-state index is 0.639. The van der Waals surface area contributed by atoms with E-state index in [-0.39, 0.29) is 0 Å². The van der Waals surface area contributed by atoms with Crippen LogP contribution in [0.3, 0.4) is 0 Å². The van der Waals surface area contributed by atoms with Gasteiger partial charge < -0.3 is 14.5 Å². The van der Waals surface area contributed by atoms with E-state index < -0.39 is 0 Å². The lowest BCUT2D eigenvalue weighted by atomic mass is 10.1. The van der Waals surface area contributed by atoms with Gasteiger partial charge in [-0.3, -0.25) is 5.10 Å². The second-order valence-corrected chi connectivity index (χ2v) is 7.49. The molecule has 2 aromatic heterocycles. The molecule has 0 aliphatic carbocycles. The van der Waals surface area contributed by atoms with Crippen molar-refractivity contribution in [1.29, 1.82) is 0 Å². The quantitative estimate of drug-likeness (QED) is 0.553. The molecule has 7 heteroatoms. The number of benzene rings is 2. The molecule has 1 aliphatic heterocycles. The van der Waals surface area contributed by atoms with E-state index in [9.17, 15) is 0 Å². The highest BCUT2D eigenvalue weighted by Gasteiger charge is 2.20. The Bertz CT molecular complexity index is 1140. The second-order valence-electron chi connectivity index (χ2n) is 7.49. The molecule has 1 fully saturated rings. The lowest BCUT2D eigenvalue weighted by Crippen LogP contribution is -2.47. The molecule has 0 atom stereocenters. The Morgan fingerprint density at radius 3 is 2.63 bits per heavy atom. The van der Waals surface area contributed by atoms with E-state index in [0.717, 1.165) is 54.0 Å². The number of nitrogens with zero attached hydrogens (tertiary/aromatic N) is 5. The number of aromatic nitrogens is 4. The second kappa shape index (κ2) is 8.12. The molecule has 1 aliphatic rings. The van der Waals surface area contributed by atoms with Gasteiger partial charge in [0, 0.05) is 56.1 Å². The van der Waals surface area contributed by atoms with Gasteiger partial charge in [0.2, 0.25) is 0 Å². The SMILES string of the molecule is COCc1cccc(N2CCN(c3ncnc4ccc(-c5cn[nH]c5)cc34)CC2)c1. The van der Waals surface area contributed by atoms with Gasteiger partial charge in [0.05, 0.1) is 18.3 Å². The van der Waals surface area contributed by atoms with Gasteiger partial charge >= 0.3 is 0 Å². The van der Waals surface area contributed by atoms with Crippen LogP contribution in [-0.4, -0.2) is 53.5 Å². The first kappa shape index (κ1) is 18.6. The first-order chi connectivity index (χ1) is 14.8. The number of ether oxygens (including phenoxy) is 1. The molecule has 0 radical (unpaired) electrons. The van der Waals surface area contributed by atoms with Crippen molar-refractivity contribution in [1.82, 2.24) is 20.2 Å². The summed E-state index contributed by atoms with van der Waals surface area (Å²) in [5, 5.41) is 8.02. The summed E-state index contributed by atoms with van der Waals surface area (Å²) in [4.78, 5) is 13.9. The van der Waals surface area contributed by atoms with Crippen LogP contribution in [-0.2, 0) is 11.3 Å². The maximum Gasteiger partial charge on any atom is 0.140 e. The minimum Gasteiger partial charge on any atom is -0.380 e. The van der Waals surface area contributed by atoms with Crippen LogP contribution in [0.1, 0.15) is 5.56 Å². The molecular formula is C23H24N6O. The first-order valence-corrected chi connectivity index (χ1v) is 10.1. The molecular weight excluding hydrogens is 376 g/mol. The van der Waals surface area contributed by atoms with E-state index in [1.807, 2.05) is 12.4 Å². The summed E-state index contributed by atoms with van der Waals surface area (Å²) < 4.78 is 5.28. The maximum absolute atomic E-state index is 5.28. The lowest BCUT2D eigenvalue weighted by molar-refractivity contribution is 0.185. The molecule has 4 aromatic rings. The van der Waals surface area contributed by atoms with Gasteiger partial charge in [-0.05, 0) is 35.4 Å². The van der Waals surface area contributed by atoms with Crippen molar-refractivity contribution in [3.8, 4) is 11.1 Å². The van der Waals surface area contributed by atoms with Crippen molar-refractivity contribution in [2.75, 3.05) is 43.1 Å². The van der Waals surface area contributed by atoms with Gasteiger partial charge in [0.15, 0.2) is 0 Å². The van der Waals surface area contributed by atoms with Crippen molar-refractivity contribution in [2.45, 2.75) is 6.61 Å². The van der Waals surface area contributed by atoms with E-state index >= 15 is 0 Å². The molecule has 0 bridgehead atoms. The monoisotopic (exact) mass is 400 g/mol. The Morgan fingerprint density at radius 2 is 1.83 bits per heavy atom. The third kappa shape index (κ3) is 3.59. The minimum atomic E-state index is 0.639. The number of H-pyrrole nitrogens is 1. The van der Waals surface area contributed by atoms with Crippen LogP contribution < -0.4 is 9.80 Å². The molecule has 0 spiro atoms. The third-order valence-electron chi connectivity index (χ3n) is 5.61. The summed E-state index contributed by atoms with van der Waals surface area (Å²) in [6.45, 7) is 4.36. The summed E-state index contributed by atoms with van der Waals surface area (Å²) in [6.07, 6.45) is 5.40. The van der Waals surface area contributed by atoms with E-state index in [4.69, 9.17) is 4.74 Å². The molecule has 0 unspecified atom stereocenters. The van der Waals surface area contributed by atoms with Crippen LogP contribution in [0.4, 0.5) is 11.5 Å². The fourth-order valence-electron chi connectivity index (χ4n) is 4.07. The fourth-order valence-corrected chi connectivity index (χ4v) is 4.07. The Labute approximate surface area is 175 Å². The molecule has 0 saturated carbocycles. The van der Waals surface area contributed by atoms with Crippen molar-refractivity contribution in [2.24, 2.45) is 0 Å². The lowest BCUT2D eigenvalue weighted by Gasteiger charge is -2.37. The zero-order valence-corrected chi connectivity index (χ0v) is 17.0. The van der Waals surface area contributed by atoms with E-state index in [1.54, 1.807) is 13.4 Å². The average Bonchev–Trinajstić information content (AvgIpc) is 3.34. The Morgan fingerprint density at radius 1 is 0.967 bits per heavy atom. The number of hydrogen-bond acceptors (Lipinski definition) is 6. The Hall–Kier alpha value is -3.45. The summed E-state index contributed by atoms with van der Waals surface area (Å²) >= 11 is 0. The molecule has 30 heavy (non-hydrogen) atoms. The third-order valence-corrected chi connectivity index (χ3v) is 5.61. The fraction of sp³-hybridized carbons (Fsp3) is 0.261. The normalized spacial score (nSPS) is 14.4. The van der Waals surface area contributed by atoms with Crippen molar-refractivity contribution in [3.05, 3.63) is 66.7 Å². The molecule has 7 nitrogen and oxygen atoms in total. The molecule has 2 aromatic carbocycles. The van der Waals surface area contributed by atoms with Crippen LogP contribution in [0.5, 0.6) is 0 Å². The van der Waals surface area contributed by atoms with Crippen LogP contribution >= 0.6 is 0 Å². The highest BCUT2D eigenvalue weighted by molar-refractivity contribution is 5.92. The molecule has 0 amide bonds. The summed E-state index contributed by atoms with van der Waals surface area (Å²) in [5.74, 6) is 0.998. The molecule has 5 rings (SSSR count). The first-order valence-electron chi connectivity index (χ1n) is 10.1. The number of methoxy groups -OCH3 is 1. The van der Waals surface area contributed by atoms with Crippen LogP contribution in [0, 0.1) is 0 Å². The van der Waals surface area contributed by atoms with Gasteiger partial charge in [0.25, 0.3) is 0 Å². The van der Waals surface area contributed by atoms with Gasteiger partial charge in [0.1, 0.15) is 12.1 Å². The number of hydrogen-bond donors (Lipinski definition) is 1. The van der Waals surface area contributed by atoms with Crippen molar-refractivity contribution >= 4 is 22.4 Å². The Kier molecular flexibility index (Phi) is 5.03. The molecule has 152 valence electrons. The van der Waals surface area contributed by atoms with E-state index in [2.05, 4.69) is 72.4 Å². The van der Waals surface area contributed by atoms with Gasteiger partial charge in [-0.2, -0.15) is 5.10 Å². The summed E-state index contributed by atoms with van der Waals surface area (Å²) in [7, 11) is 1.73. The van der Waals surface area contributed by atoms with Gasteiger partial charge in [-0.25, -0.2) is 9.97 Å². The Balaban J connectivity index is 1.38. The topological polar surface area (TPSA) is 70.2 Å². The number of anilines is 2. The standard InChI is InChI=1S/C23H24N6O/c1-30-15-17-3-2-4-20(11-17)28-7-9-29(10-8-28)23-21-12-18(19-13-26-27-14-19)5-6-22(21)24-16-25-23/h2-6,11-14,16H,7-10,15H2,1H3,(H,26,27). The van der Waals surface area contributed by atoms with Gasteiger partial charge in [-0.1, -0.05) is 18.2 Å². The number of nitrogens with one attached hydrogen (secondary N) is 1. The number of aromatic amines is 1. The van der Waals surface area contributed by atoms with Crippen LogP contribution in [0.25, 0.3) is 22.0 Å². The predicted octanol–water partition coefficient (Wildman–Crippen LogP) is 3.49. The molecule has 3 heterocycles. The number of piperazine rings is 1. The van der Waals surface area contributed by atoms with Crippen molar-refractivity contribution < 1.29 is 4.74 Å².